The topological polar surface area (TPSA) is 60.5 Å². The van der Waals surface area contributed by atoms with E-state index in [-0.39, 0.29) is 5.91 Å². The van der Waals surface area contributed by atoms with Gasteiger partial charge in [-0.2, -0.15) is 0 Å². The number of hydrogen-bond donors (Lipinski definition) is 2. The number of anilines is 2. The van der Waals surface area contributed by atoms with E-state index >= 15 is 0 Å². The van der Waals surface area contributed by atoms with Gasteiger partial charge in [0, 0.05) is 40.3 Å². The number of piperazine rings is 1. The number of amides is 1. The molecule has 1 atom stereocenters. The van der Waals surface area contributed by atoms with Gasteiger partial charge < -0.3 is 20.4 Å². The molecule has 3 heterocycles. The number of hydrogen-bond acceptors (Lipinski definition) is 5. The summed E-state index contributed by atoms with van der Waals surface area (Å²) in [6.07, 6.45) is 0. The van der Waals surface area contributed by atoms with Crippen LogP contribution >= 0.6 is 0 Å². The molecule has 1 unspecified atom stereocenters. The van der Waals surface area contributed by atoms with E-state index in [0.717, 1.165) is 37.7 Å². The van der Waals surface area contributed by atoms with Gasteiger partial charge in [-0.15, -0.1) is 0 Å². The first-order chi connectivity index (χ1) is 9.20. The van der Waals surface area contributed by atoms with E-state index in [1.54, 1.807) is 13.1 Å². The van der Waals surface area contributed by atoms with Crippen molar-refractivity contribution in [2.75, 3.05) is 50.1 Å². The van der Waals surface area contributed by atoms with Gasteiger partial charge >= 0.3 is 0 Å². The highest BCUT2D eigenvalue weighted by Crippen LogP contribution is 2.33. The molecule has 0 spiro atoms. The molecule has 0 aliphatic carbocycles. The Bertz CT molecular complexity index is 504. The number of pyridine rings is 1. The maximum Gasteiger partial charge on any atom is 0.269 e. The van der Waals surface area contributed by atoms with Crippen molar-refractivity contribution in [3.63, 3.8) is 0 Å². The summed E-state index contributed by atoms with van der Waals surface area (Å²) in [6, 6.07) is 4.30. The average molecular weight is 261 g/mol. The molecule has 0 bridgehead atoms. The lowest BCUT2D eigenvalue weighted by Crippen LogP contribution is -2.58. The van der Waals surface area contributed by atoms with E-state index in [9.17, 15) is 4.79 Å². The molecule has 2 aliphatic rings. The van der Waals surface area contributed by atoms with E-state index in [0.29, 0.717) is 11.7 Å². The second-order valence-electron chi connectivity index (χ2n) is 5.05. The summed E-state index contributed by atoms with van der Waals surface area (Å²) in [6.45, 7) is 3.93. The Hall–Kier alpha value is -1.82. The van der Waals surface area contributed by atoms with E-state index in [2.05, 4.69) is 25.4 Å². The fourth-order valence-corrected chi connectivity index (χ4v) is 2.84. The zero-order chi connectivity index (χ0) is 13.4. The quantitative estimate of drug-likeness (QED) is 0.725. The molecule has 1 aromatic heterocycles. The van der Waals surface area contributed by atoms with Gasteiger partial charge in [0.1, 0.15) is 5.69 Å². The van der Waals surface area contributed by atoms with Crippen molar-refractivity contribution in [1.29, 1.82) is 0 Å². The Kier molecular flexibility index (Phi) is 3.02. The van der Waals surface area contributed by atoms with Crippen molar-refractivity contribution in [1.82, 2.24) is 15.6 Å². The molecule has 0 saturated carbocycles. The van der Waals surface area contributed by atoms with Crippen LogP contribution in [0.15, 0.2) is 12.1 Å². The number of nitrogens with zero attached hydrogens (tertiary/aromatic N) is 3. The molecule has 1 fully saturated rings. The minimum Gasteiger partial charge on any atom is -0.361 e. The van der Waals surface area contributed by atoms with Crippen LogP contribution in [0.5, 0.6) is 0 Å². The summed E-state index contributed by atoms with van der Waals surface area (Å²) < 4.78 is 0. The van der Waals surface area contributed by atoms with Crippen molar-refractivity contribution >= 4 is 17.4 Å². The highest BCUT2D eigenvalue weighted by Gasteiger charge is 2.32. The van der Waals surface area contributed by atoms with Crippen LogP contribution in [0.3, 0.4) is 0 Å². The first-order valence-electron chi connectivity index (χ1n) is 6.62. The van der Waals surface area contributed by atoms with Crippen LogP contribution in [0.2, 0.25) is 0 Å². The van der Waals surface area contributed by atoms with Crippen molar-refractivity contribution in [3.05, 3.63) is 17.8 Å². The van der Waals surface area contributed by atoms with Crippen molar-refractivity contribution in [3.8, 4) is 0 Å². The van der Waals surface area contributed by atoms with E-state index in [1.165, 1.54) is 0 Å². The number of carbonyl (C=O) groups is 1. The molecule has 1 aromatic rings. The van der Waals surface area contributed by atoms with Crippen molar-refractivity contribution < 1.29 is 4.79 Å². The number of likely N-dealkylation sites (N-methyl/N-ethyl adjacent to an activating group) is 1. The monoisotopic (exact) mass is 261 g/mol. The fourth-order valence-electron chi connectivity index (χ4n) is 2.84. The molecule has 0 aromatic carbocycles. The van der Waals surface area contributed by atoms with E-state index < -0.39 is 0 Å². The number of nitrogens with one attached hydrogen (secondary N) is 2. The highest BCUT2D eigenvalue weighted by molar-refractivity contribution is 5.93. The van der Waals surface area contributed by atoms with Gasteiger partial charge in [-0.3, -0.25) is 4.79 Å². The largest absolute Gasteiger partial charge is 0.361 e. The average Bonchev–Trinajstić information content (AvgIpc) is 2.46. The molecule has 1 amide bonds. The number of aromatic nitrogens is 1. The minimum absolute atomic E-state index is 0.140. The third-order valence-corrected chi connectivity index (χ3v) is 3.82. The Morgan fingerprint density at radius 1 is 1.53 bits per heavy atom. The molecule has 3 rings (SSSR count). The molecule has 2 N–H and O–H groups in total. The predicted molar refractivity (Wildman–Crippen MR) is 74.9 cm³/mol. The molecular weight excluding hydrogens is 242 g/mol. The smallest absolute Gasteiger partial charge is 0.269 e. The van der Waals surface area contributed by atoms with Gasteiger partial charge in [0.05, 0.1) is 11.7 Å². The standard InChI is InChI=1S/C13H19N5O/c1-14-13(19)10-3-4-11-12(16-10)17(2)8-9-7-15-5-6-18(9)11/h3-4,9,15H,5-8H2,1-2H3,(H,14,19). The Morgan fingerprint density at radius 2 is 2.37 bits per heavy atom. The number of fused-ring (bicyclic) bond motifs is 3. The molecule has 0 radical (unpaired) electrons. The van der Waals surface area contributed by atoms with Crippen LogP contribution in [0.4, 0.5) is 11.5 Å². The summed E-state index contributed by atoms with van der Waals surface area (Å²) in [5.74, 6) is 0.762. The number of carbonyl (C=O) groups excluding carboxylic acids is 1. The van der Waals surface area contributed by atoms with Crippen molar-refractivity contribution in [2.24, 2.45) is 0 Å². The summed E-state index contributed by atoms with van der Waals surface area (Å²) >= 11 is 0. The fraction of sp³-hybridized carbons (Fsp3) is 0.538. The first-order valence-corrected chi connectivity index (χ1v) is 6.62. The molecule has 1 saturated heterocycles. The maximum atomic E-state index is 11.7. The van der Waals surface area contributed by atoms with Crippen molar-refractivity contribution in [2.45, 2.75) is 6.04 Å². The van der Waals surface area contributed by atoms with E-state index in [4.69, 9.17) is 0 Å². The second-order valence-corrected chi connectivity index (χ2v) is 5.05. The van der Waals surface area contributed by atoms with Crippen LogP contribution in [-0.4, -0.2) is 57.2 Å². The Morgan fingerprint density at radius 3 is 3.16 bits per heavy atom. The summed E-state index contributed by atoms with van der Waals surface area (Å²) in [5, 5.41) is 6.04. The lowest BCUT2D eigenvalue weighted by Gasteiger charge is -2.45. The lowest BCUT2D eigenvalue weighted by atomic mass is 10.1. The minimum atomic E-state index is -0.140. The summed E-state index contributed by atoms with van der Waals surface area (Å²) in [7, 11) is 3.66. The van der Waals surface area contributed by atoms with Gasteiger partial charge in [-0.05, 0) is 12.1 Å². The Balaban J connectivity index is 2.00. The second kappa shape index (κ2) is 4.70. The van der Waals surface area contributed by atoms with Gasteiger partial charge in [-0.1, -0.05) is 0 Å². The SMILES string of the molecule is CNC(=O)c1ccc2c(n1)N(C)CC1CNCCN21. The molecule has 6 nitrogen and oxygen atoms in total. The highest BCUT2D eigenvalue weighted by atomic mass is 16.1. The molecular formula is C13H19N5O. The van der Waals surface area contributed by atoms with Crippen LogP contribution in [0.25, 0.3) is 0 Å². The van der Waals surface area contributed by atoms with Gasteiger partial charge in [0.2, 0.25) is 0 Å². The van der Waals surface area contributed by atoms with Crippen LogP contribution < -0.4 is 20.4 Å². The van der Waals surface area contributed by atoms with E-state index in [1.807, 2.05) is 13.1 Å². The first kappa shape index (κ1) is 12.2. The predicted octanol–water partition coefficient (Wildman–Crippen LogP) is -0.331. The molecule has 6 heteroatoms. The normalized spacial score (nSPS) is 21.7. The zero-order valence-corrected chi connectivity index (χ0v) is 11.3. The number of rotatable bonds is 1. The van der Waals surface area contributed by atoms with Gasteiger partial charge in [0.25, 0.3) is 5.91 Å². The lowest BCUT2D eigenvalue weighted by molar-refractivity contribution is 0.0958. The third kappa shape index (κ3) is 2.02. The van der Waals surface area contributed by atoms with Crippen LogP contribution in [0.1, 0.15) is 10.5 Å². The van der Waals surface area contributed by atoms with Crippen LogP contribution in [-0.2, 0) is 0 Å². The third-order valence-electron chi connectivity index (χ3n) is 3.82. The zero-order valence-electron chi connectivity index (χ0n) is 11.3. The molecule has 2 aliphatic heterocycles. The van der Waals surface area contributed by atoms with Gasteiger partial charge in [0.15, 0.2) is 5.82 Å². The molecule has 19 heavy (non-hydrogen) atoms. The maximum absolute atomic E-state index is 11.7. The van der Waals surface area contributed by atoms with Crippen LogP contribution in [0, 0.1) is 0 Å². The molecule has 102 valence electrons. The summed E-state index contributed by atoms with van der Waals surface area (Å²) in [5.41, 5.74) is 1.61. The Labute approximate surface area is 112 Å². The van der Waals surface area contributed by atoms with Gasteiger partial charge in [-0.25, -0.2) is 4.98 Å². The summed E-state index contributed by atoms with van der Waals surface area (Å²) in [4.78, 5) is 20.7.